The summed E-state index contributed by atoms with van der Waals surface area (Å²) in [4.78, 5) is 23.2. The largest absolute Gasteiger partial charge is 0.469 e. The van der Waals surface area contributed by atoms with Crippen LogP contribution in [0.4, 0.5) is 0 Å². The van der Waals surface area contributed by atoms with E-state index in [2.05, 4.69) is 15.2 Å². The predicted molar refractivity (Wildman–Crippen MR) is 101 cm³/mol. The highest BCUT2D eigenvalue weighted by molar-refractivity contribution is 6.31. The van der Waals surface area contributed by atoms with Crippen molar-refractivity contribution >= 4 is 23.5 Å². The number of halogens is 1. The second-order valence-electron chi connectivity index (χ2n) is 6.09. The number of amides is 1. The SMILES string of the molecule is COC(=O)CCCCCNC(=O)c1ccc(-n2nc(C)c(Cl)c2C)cc1. The molecule has 0 bridgehead atoms. The molecular formula is C19H24ClN3O3. The van der Waals surface area contributed by atoms with E-state index in [9.17, 15) is 9.59 Å². The van der Waals surface area contributed by atoms with Crippen LogP contribution in [0.15, 0.2) is 24.3 Å². The number of aromatic nitrogens is 2. The summed E-state index contributed by atoms with van der Waals surface area (Å²) in [5.41, 5.74) is 3.10. The number of rotatable bonds is 8. The third-order valence-electron chi connectivity index (χ3n) is 4.15. The van der Waals surface area contributed by atoms with Gasteiger partial charge >= 0.3 is 5.97 Å². The van der Waals surface area contributed by atoms with Crippen molar-refractivity contribution in [3.8, 4) is 5.69 Å². The lowest BCUT2D eigenvalue weighted by Crippen LogP contribution is -2.24. The zero-order chi connectivity index (χ0) is 19.1. The van der Waals surface area contributed by atoms with Crippen molar-refractivity contribution in [3.63, 3.8) is 0 Å². The molecule has 0 saturated carbocycles. The van der Waals surface area contributed by atoms with Gasteiger partial charge in [-0.15, -0.1) is 0 Å². The molecule has 0 fully saturated rings. The molecule has 0 aliphatic heterocycles. The molecule has 0 aliphatic rings. The maximum atomic E-state index is 12.2. The number of aryl methyl sites for hydroxylation is 1. The average molecular weight is 378 g/mol. The number of ether oxygens (including phenoxy) is 1. The maximum Gasteiger partial charge on any atom is 0.305 e. The summed E-state index contributed by atoms with van der Waals surface area (Å²) in [5, 5.41) is 7.94. The molecular weight excluding hydrogens is 354 g/mol. The van der Waals surface area contributed by atoms with Crippen LogP contribution in [-0.2, 0) is 9.53 Å². The van der Waals surface area contributed by atoms with Gasteiger partial charge in [0.1, 0.15) is 0 Å². The first-order valence-corrected chi connectivity index (χ1v) is 8.99. The van der Waals surface area contributed by atoms with Gasteiger partial charge in [0.2, 0.25) is 0 Å². The number of unbranched alkanes of at least 4 members (excludes halogenated alkanes) is 2. The number of hydrogen-bond donors (Lipinski definition) is 1. The first-order chi connectivity index (χ1) is 12.4. The minimum absolute atomic E-state index is 0.115. The lowest BCUT2D eigenvalue weighted by molar-refractivity contribution is -0.140. The molecule has 26 heavy (non-hydrogen) atoms. The van der Waals surface area contributed by atoms with Crippen LogP contribution in [0.25, 0.3) is 5.69 Å². The summed E-state index contributed by atoms with van der Waals surface area (Å²) in [7, 11) is 1.39. The fourth-order valence-corrected chi connectivity index (χ4v) is 2.72. The monoisotopic (exact) mass is 377 g/mol. The molecule has 140 valence electrons. The normalized spacial score (nSPS) is 10.6. The molecule has 1 N–H and O–H groups in total. The van der Waals surface area contributed by atoms with Crippen molar-refractivity contribution in [3.05, 3.63) is 46.2 Å². The highest BCUT2D eigenvalue weighted by atomic mass is 35.5. The summed E-state index contributed by atoms with van der Waals surface area (Å²) in [6.07, 6.45) is 2.88. The van der Waals surface area contributed by atoms with Crippen LogP contribution in [-0.4, -0.2) is 35.3 Å². The number of nitrogens with one attached hydrogen (secondary N) is 1. The zero-order valence-corrected chi connectivity index (χ0v) is 16.1. The Hall–Kier alpha value is -2.34. The lowest BCUT2D eigenvalue weighted by atomic mass is 10.1. The zero-order valence-electron chi connectivity index (χ0n) is 15.3. The second-order valence-corrected chi connectivity index (χ2v) is 6.46. The predicted octanol–water partition coefficient (Wildman–Crippen LogP) is 3.61. The Kier molecular flexibility index (Phi) is 7.21. The van der Waals surface area contributed by atoms with Crippen molar-refractivity contribution in [1.29, 1.82) is 0 Å². The van der Waals surface area contributed by atoms with E-state index in [0.29, 0.717) is 23.6 Å². The Bertz CT molecular complexity index is 769. The van der Waals surface area contributed by atoms with Gasteiger partial charge in [0.15, 0.2) is 0 Å². The summed E-state index contributed by atoms with van der Waals surface area (Å²) in [6, 6.07) is 7.24. The topological polar surface area (TPSA) is 73.2 Å². The lowest BCUT2D eigenvalue weighted by Gasteiger charge is -2.07. The summed E-state index contributed by atoms with van der Waals surface area (Å²) < 4.78 is 6.35. The van der Waals surface area contributed by atoms with Gasteiger partial charge in [-0.05, 0) is 51.0 Å². The smallest absolute Gasteiger partial charge is 0.305 e. The van der Waals surface area contributed by atoms with E-state index in [1.165, 1.54) is 7.11 Å². The number of esters is 1. The van der Waals surface area contributed by atoms with Crippen molar-refractivity contribution < 1.29 is 14.3 Å². The van der Waals surface area contributed by atoms with Crippen molar-refractivity contribution in [1.82, 2.24) is 15.1 Å². The molecule has 0 saturated heterocycles. The summed E-state index contributed by atoms with van der Waals surface area (Å²) in [5.74, 6) is -0.311. The number of carbonyl (C=O) groups is 2. The van der Waals surface area contributed by atoms with Crippen molar-refractivity contribution in [2.75, 3.05) is 13.7 Å². The van der Waals surface area contributed by atoms with E-state index in [0.717, 1.165) is 36.3 Å². The summed E-state index contributed by atoms with van der Waals surface area (Å²) >= 11 is 6.18. The van der Waals surface area contributed by atoms with Gasteiger partial charge < -0.3 is 10.1 Å². The fourth-order valence-electron chi connectivity index (χ4n) is 2.61. The molecule has 0 radical (unpaired) electrons. The highest BCUT2D eigenvalue weighted by Crippen LogP contribution is 2.22. The molecule has 6 nitrogen and oxygen atoms in total. The molecule has 1 amide bonds. The van der Waals surface area contributed by atoms with Crippen LogP contribution >= 0.6 is 11.6 Å². The first kappa shape index (κ1) is 20.0. The van der Waals surface area contributed by atoms with E-state index < -0.39 is 0 Å². The molecule has 0 atom stereocenters. The van der Waals surface area contributed by atoms with E-state index in [-0.39, 0.29) is 11.9 Å². The van der Waals surface area contributed by atoms with Crippen LogP contribution < -0.4 is 5.32 Å². The van der Waals surface area contributed by atoms with Gasteiger partial charge in [0.05, 0.1) is 29.2 Å². The summed E-state index contributed by atoms with van der Waals surface area (Å²) in [6.45, 7) is 4.34. The van der Waals surface area contributed by atoms with Crippen molar-refractivity contribution in [2.45, 2.75) is 39.5 Å². The Labute approximate surface area is 158 Å². The fraction of sp³-hybridized carbons (Fsp3) is 0.421. The Morgan fingerprint density at radius 2 is 1.85 bits per heavy atom. The molecule has 7 heteroatoms. The molecule has 2 aromatic rings. The number of benzene rings is 1. The van der Waals surface area contributed by atoms with Gasteiger partial charge in [0.25, 0.3) is 5.91 Å². The van der Waals surface area contributed by atoms with Crippen LogP contribution in [0.2, 0.25) is 5.02 Å². The molecule has 2 rings (SSSR count). The van der Waals surface area contributed by atoms with Crippen LogP contribution in [0, 0.1) is 13.8 Å². The number of hydrogen-bond acceptors (Lipinski definition) is 4. The Balaban J connectivity index is 1.83. The maximum absolute atomic E-state index is 12.2. The van der Waals surface area contributed by atoms with Gasteiger partial charge in [-0.2, -0.15) is 5.10 Å². The molecule has 1 aromatic heterocycles. The third kappa shape index (κ3) is 5.08. The van der Waals surface area contributed by atoms with Gasteiger partial charge in [-0.25, -0.2) is 4.68 Å². The van der Waals surface area contributed by atoms with Crippen LogP contribution in [0.5, 0.6) is 0 Å². The number of methoxy groups -OCH3 is 1. The van der Waals surface area contributed by atoms with Gasteiger partial charge in [0, 0.05) is 18.5 Å². The van der Waals surface area contributed by atoms with Crippen LogP contribution in [0.1, 0.15) is 47.4 Å². The standard InChI is InChI=1S/C19H24ClN3O3/c1-13-18(20)14(2)23(22-13)16-10-8-15(9-11-16)19(25)21-12-6-4-5-7-17(24)26-3/h8-11H,4-7,12H2,1-3H3,(H,21,25). The van der Waals surface area contributed by atoms with E-state index >= 15 is 0 Å². The molecule has 1 heterocycles. The van der Waals surface area contributed by atoms with E-state index in [1.54, 1.807) is 16.8 Å². The average Bonchev–Trinajstić information content (AvgIpc) is 2.91. The number of nitrogens with zero attached hydrogens (tertiary/aromatic N) is 2. The van der Waals surface area contributed by atoms with Gasteiger partial charge in [-0.1, -0.05) is 18.0 Å². The van der Waals surface area contributed by atoms with Crippen LogP contribution in [0.3, 0.4) is 0 Å². The van der Waals surface area contributed by atoms with E-state index in [1.807, 2.05) is 26.0 Å². The molecule has 0 unspecified atom stereocenters. The van der Waals surface area contributed by atoms with Crippen molar-refractivity contribution in [2.24, 2.45) is 0 Å². The molecule has 0 aliphatic carbocycles. The van der Waals surface area contributed by atoms with E-state index in [4.69, 9.17) is 11.6 Å². The Morgan fingerprint density at radius 3 is 2.42 bits per heavy atom. The minimum atomic E-state index is -0.196. The highest BCUT2D eigenvalue weighted by Gasteiger charge is 2.11. The third-order valence-corrected chi connectivity index (χ3v) is 4.69. The number of carbonyl (C=O) groups excluding carboxylic acids is 2. The second kappa shape index (κ2) is 9.38. The Morgan fingerprint density at radius 1 is 1.15 bits per heavy atom. The molecule has 0 spiro atoms. The van der Waals surface area contributed by atoms with Gasteiger partial charge in [-0.3, -0.25) is 9.59 Å². The quantitative estimate of drug-likeness (QED) is 0.563. The minimum Gasteiger partial charge on any atom is -0.469 e. The first-order valence-electron chi connectivity index (χ1n) is 8.61. The molecule has 1 aromatic carbocycles.